The van der Waals surface area contributed by atoms with E-state index in [4.69, 9.17) is 10.8 Å². The van der Waals surface area contributed by atoms with Crippen molar-refractivity contribution in [2.75, 3.05) is 0 Å². The minimum absolute atomic E-state index is 0.184. The van der Waals surface area contributed by atoms with Crippen molar-refractivity contribution in [2.24, 2.45) is 5.73 Å². The number of rotatable bonds is 3. The van der Waals surface area contributed by atoms with E-state index in [0.717, 1.165) is 10.9 Å². The normalized spacial score (nSPS) is 14.9. The van der Waals surface area contributed by atoms with Crippen LogP contribution in [0.3, 0.4) is 0 Å². The van der Waals surface area contributed by atoms with Crippen LogP contribution in [0.1, 0.15) is 18.4 Å². The zero-order chi connectivity index (χ0) is 11.7. The highest BCUT2D eigenvalue weighted by Gasteiger charge is 2.22. The molecule has 0 fully saturated rings. The Morgan fingerprint density at radius 1 is 1.44 bits per heavy atom. The molecule has 0 spiro atoms. The largest absolute Gasteiger partial charge is 0.480 e. The van der Waals surface area contributed by atoms with Crippen LogP contribution < -0.4 is 5.73 Å². The maximum atomic E-state index is 10.9. The third kappa shape index (κ3) is 1.81. The monoisotopic (exact) mass is 235 g/mol. The lowest BCUT2D eigenvalue weighted by Crippen LogP contribution is -2.35. The van der Waals surface area contributed by atoms with Crippen molar-refractivity contribution in [1.82, 2.24) is 0 Å². The highest BCUT2D eigenvalue weighted by molar-refractivity contribution is 7.17. The van der Waals surface area contributed by atoms with Crippen LogP contribution in [-0.2, 0) is 4.79 Å². The lowest BCUT2D eigenvalue weighted by atomic mass is 9.91. The molecule has 1 aromatic heterocycles. The molecule has 0 aliphatic heterocycles. The third-order valence-electron chi connectivity index (χ3n) is 2.84. The molecule has 1 heterocycles. The number of carbonyl (C=O) groups is 1. The van der Waals surface area contributed by atoms with E-state index in [9.17, 15) is 4.79 Å². The number of hydrogen-bond acceptors (Lipinski definition) is 3. The van der Waals surface area contributed by atoms with Gasteiger partial charge in [0.2, 0.25) is 0 Å². The minimum atomic E-state index is -0.959. The second kappa shape index (κ2) is 4.23. The third-order valence-corrected chi connectivity index (χ3v) is 3.73. The van der Waals surface area contributed by atoms with E-state index in [0.29, 0.717) is 0 Å². The highest BCUT2D eigenvalue weighted by Crippen LogP contribution is 2.30. The summed E-state index contributed by atoms with van der Waals surface area (Å²) >= 11 is 1.65. The summed E-state index contributed by atoms with van der Waals surface area (Å²) in [6.07, 6.45) is 0. The average Bonchev–Trinajstić information content (AvgIpc) is 2.74. The molecule has 0 saturated carbocycles. The molecule has 0 aliphatic rings. The van der Waals surface area contributed by atoms with Crippen molar-refractivity contribution in [3.63, 3.8) is 0 Å². The Hall–Kier alpha value is -1.39. The predicted octanol–water partition coefficient (Wildman–Crippen LogP) is 2.42. The van der Waals surface area contributed by atoms with E-state index < -0.39 is 12.0 Å². The van der Waals surface area contributed by atoms with Gasteiger partial charge in [-0.15, -0.1) is 11.3 Å². The van der Waals surface area contributed by atoms with Crippen molar-refractivity contribution >= 4 is 27.4 Å². The SMILES string of the molecule is C[C@H](c1cccc2sccc12)[C@H](N)C(=O)O. The Labute approximate surface area is 97.5 Å². The van der Waals surface area contributed by atoms with Crippen LogP contribution in [-0.4, -0.2) is 17.1 Å². The average molecular weight is 235 g/mol. The standard InChI is InChI=1S/C12H13NO2S/c1-7(11(13)12(14)15)8-3-2-4-10-9(8)5-6-16-10/h2-7,11H,13H2,1H3,(H,14,15)/t7-,11+/m1/s1. The van der Waals surface area contributed by atoms with Gasteiger partial charge < -0.3 is 10.8 Å². The molecular formula is C12H13NO2S. The Balaban J connectivity index is 2.46. The maximum Gasteiger partial charge on any atom is 0.321 e. The quantitative estimate of drug-likeness (QED) is 0.858. The lowest BCUT2D eigenvalue weighted by molar-refractivity contribution is -0.138. The number of fused-ring (bicyclic) bond motifs is 1. The van der Waals surface area contributed by atoms with E-state index in [1.165, 1.54) is 4.70 Å². The van der Waals surface area contributed by atoms with Gasteiger partial charge in [0, 0.05) is 10.6 Å². The minimum Gasteiger partial charge on any atom is -0.480 e. The number of thiophene rings is 1. The van der Waals surface area contributed by atoms with E-state index in [2.05, 4.69) is 0 Å². The van der Waals surface area contributed by atoms with Gasteiger partial charge in [-0.25, -0.2) is 0 Å². The molecule has 0 unspecified atom stereocenters. The maximum absolute atomic E-state index is 10.9. The van der Waals surface area contributed by atoms with Gasteiger partial charge in [0.05, 0.1) is 0 Å². The molecule has 2 atom stereocenters. The number of benzene rings is 1. The van der Waals surface area contributed by atoms with E-state index in [1.54, 1.807) is 11.3 Å². The molecule has 3 nitrogen and oxygen atoms in total. The topological polar surface area (TPSA) is 63.3 Å². The highest BCUT2D eigenvalue weighted by atomic mass is 32.1. The summed E-state index contributed by atoms with van der Waals surface area (Å²) in [5.74, 6) is -1.14. The smallest absolute Gasteiger partial charge is 0.321 e. The van der Waals surface area contributed by atoms with E-state index >= 15 is 0 Å². The lowest BCUT2D eigenvalue weighted by Gasteiger charge is -2.17. The van der Waals surface area contributed by atoms with Gasteiger partial charge in [-0.3, -0.25) is 4.79 Å². The van der Waals surface area contributed by atoms with Gasteiger partial charge in [-0.05, 0) is 28.5 Å². The van der Waals surface area contributed by atoms with Crippen LogP contribution in [0.5, 0.6) is 0 Å². The van der Waals surface area contributed by atoms with Crippen LogP contribution in [0.25, 0.3) is 10.1 Å². The fourth-order valence-electron chi connectivity index (χ4n) is 1.82. The van der Waals surface area contributed by atoms with Crippen LogP contribution in [0, 0.1) is 0 Å². The molecule has 4 heteroatoms. The van der Waals surface area contributed by atoms with Gasteiger partial charge in [-0.2, -0.15) is 0 Å². The molecule has 0 aliphatic carbocycles. The molecular weight excluding hydrogens is 222 g/mol. The van der Waals surface area contributed by atoms with Crippen molar-refractivity contribution in [1.29, 1.82) is 0 Å². The molecule has 1 aromatic carbocycles. The molecule has 3 N–H and O–H groups in total. The summed E-state index contributed by atoms with van der Waals surface area (Å²) in [4.78, 5) is 10.9. The Morgan fingerprint density at radius 2 is 2.19 bits per heavy atom. The second-order valence-electron chi connectivity index (χ2n) is 3.83. The summed E-state index contributed by atoms with van der Waals surface area (Å²) in [6.45, 7) is 1.85. The first-order chi connectivity index (χ1) is 7.61. The Kier molecular flexibility index (Phi) is 2.94. The molecule has 16 heavy (non-hydrogen) atoms. The molecule has 2 aromatic rings. The fourth-order valence-corrected chi connectivity index (χ4v) is 2.64. The first kappa shape index (κ1) is 11.1. The predicted molar refractivity (Wildman–Crippen MR) is 65.9 cm³/mol. The molecule has 0 amide bonds. The van der Waals surface area contributed by atoms with Crippen molar-refractivity contribution in [3.8, 4) is 0 Å². The van der Waals surface area contributed by atoms with Gasteiger partial charge in [-0.1, -0.05) is 19.1 Å². The molecule has 2 rings (SSSR count). The van der Waals surface area contributed by atoms with Crippen molar-refractivity contribution in [2.45, 2.75) is 18.9 Å². The zero-order valence-corrected chi connectivity index (χ0v) is 9.70. The van der Waals surface area contributed by atoms with Gasteiger partial charge in [0.1, 0.15) is 6.04 Å². The summed E-state index contributed by atoms with van der Waals surface area (Å²) < 4.78 is 1.17. The van der Waals surface area contributed by atoms with Crippen molar-refractivity contribution in [3.05, 3.63) is 35.2 Å². The number of hydrogen-bond donors (Lipinski definition) is 2. The molecule has 84 valence electrons. The zero-order valence-electron chi connectivity index (χ0n) is 8.88. The Bertz CT molecular complexity index is 520. The van der Waals surface area contributed by atoms with Crippen LogP contribution in [0.4, 0.5) is 0 Å². The summed E-state index contributed by atoms with van der Waals surface area (Å²) in [5.41, 5.74) is 6.66. The fraction of sp³-hybridized carbons (Fsp3) is 0.250. The number of nitrogens with two attached hydrogens (primary N) is 1. The number of aliphatic carboxylic acids is 1. The first-order valence-corrected chi connectivity index (χ1v) is 5.93. The molecule has 0 saturated heterocycles. The first-order valence-electron chi connectivity index (χ1n) is 5.05. The number of carboxylic acids is 1. The second-order valence-corrected chi connectivity index (χ2v) is 4.78. The Morgan fingerprint density at radius 3 is 2.88 bits per heavy atom. The molecule has 0 radical (unpaired) electrons. The van der Waals surface area contributed by atoms with Crippen LogP contribution in [0.15, 0.2) is 29.6 Å². The van der Waals surface area contributed by atoms with Gasteiger partial charge in [0.15, 0.2) is 0 Å². The van der Waals surface area contributed by atoms with Crippen molar-refractivity contribution < 1.29 is 9.90 Å². The summed E-state index contributed by atoms with van der Waals surface area (Å²) in [5, 5.41) is 12.0. The van der Waals surface area contributed by atoms with Gasteiger partial charge in [0.25, 0.3) is 0 Å². The van der Waals surface area contributed by atoms with Gasteiger partial charge >= 0.3 is 5.97 Å². The molecule has 0 bridgehead atoms. The summed E-state index contributed by atoms with van der Waals surface area (Å²) in [7, 11) is 0. The van der Waals surface area contributed by atoms with Crippen LogP contribution in [0.2, 0.25) is 0 Å². The number of carboxylic acid groups (broad SMARTS) is 1. The van der Waals surface area contributed by atoms with E-state index in [1.807, 2.05) is 36.6 Å². The van der Waals surface area contributed by atoms with E-state index in [-0.39, 0.29) is 5.92 Å². The summed E-state index contributed by atoms with van der Waals surface area (Å²) in [6, 6.07) is 7.08. The van der Waals surface area contributed by atoms with Crippen LogP contribution >= 0.6 is 11.3 Å².